The molecule has 2 aliphatic carbocycles. The predicted molar refractivity (Wildman–Crippen MR) is 205 cm³/mol. The van der Waals surface area contributed by atoms with Gasteiger partial charge in [0.25, 0.3) is 0 Å². The summed E-state index contributed by atoms with van der Waals surface area (Å²) >= 11 is 0. The molecule has 0 saturated heterocycles. The van der Waals surface area contributed by atoms with E-state index in [1.165, 1.54) is 61.0 Å². The maximum atomic E-state index is 5.20. The second-order valence-corrected chi connectivity index (χ2v) is 13.7. The Labute approximate surface area is 287 Å². The number of benzene rings is 7. The molecule has 3 nitrogen and oxygen atoms in total. The largest absolute Gasteiger partial charge is 0.292 e. The molecule has 0 fully saturated rings. The zero-order valence-corrected chi connectivity index (χ0v) is 26.9. The average Bonchev–Trinajstić information content (AvgIpc) is 3.82. The number of imidazole rings is 1. The Morgan fingerprint density at radius 1 is 0.460 bits per heavy atom. The summed E-state index contributed by atoms with van der Waals surface area (Å²) in [6.45, 7) is 0. The topological polar surface area (TPSA) is 30.2 Å². The molecule has 10 aromatic rings. The van der Waals surface area contributed by atoms with E-state index in [1.54, 1.807) is 0 Å². The number of nitrogens with zero attached hydrogens (tertiary/aromatic N) is 3. The summed E-state index contributed by atoms with van der Waals surface area (Å²) in [6.07, 6.45) is 1.89. The van der Waals surface area contributed by atoms with Crippen molar-refractivity contribution >= 4 is 49.3 Å². The Balaban J connectivity index is 1.18. The fourth-order valence-corrected chi connectivity index (χ4v) is 9.44. The van der Waals surface area contributed by atoms with Crippen LogP contribution in [0.15, 0.2) is 164 Å². The van der Waals surface area contributed by atoms with E-state index in [0.29, 0.717) is 0 Å². The van der Waals surface area contributed by atoms with Gasteiger partial charge >= 0.3 is 0 Å². The van der Waals surface area contributed by atoms with Crippen molar-refractivity contribution in [2.45, 2.75) is 5.41 Å². The second-order valence-electron chi connectivity index (χ2n) is 13.7. The van der Waals surface area contributed by atoms with Gasteiger partial charge in [0.1, 0.15) is 5.65 Å². The van der Waals surface area contributed by atoms with Crippen LogP contribution in [0.5, 0.6) is 0 Å². The maximum absolute atomic E-state index is 5.20. The third-order valence-electron chi connectivity index (χ3n) is 11.4. The Morgan fingerprint density at radius 2 is 1.08 bits per heavy atom. The molecule has 2 aliphatic rings. The monoisotopic (exact) mass is 633 g/mol. The van der Waals surface area contributed by atoms with Gasteiger partial charge in [-0.2, -0.15) is 0 Å². The van der Waals surface area contributed by atoms with Crippen molar-refractivity contribution in [3.63, 3.8) is 0 Å². The first-order chi connectivity index (χ1) is 24.8. The van der Waals surface area contributed by atoms with Gasteiger partial charge in [0.15, 0.2) is 0 Å². The molecule has 3 heterocycles. The normalized spacial score (nSPS) is 13.8. The van der Waals surface area contributed by atoms with Gasteiger partial charge in [0.05, 0.1) is 27.5 Å². The van der Waals surface area contributed by atoms with Crippen LogP contribution in [0.2, 0.25) is 0 Å². The number of hydrogen-bond acceptors (Lipinski definition) is 2. The van der Waals surface area contributed by atoms with Crippen LogP contribution in [-0.4, -0.2) is 14.4 Å². The summed E-state index contributed by atoms with van der Waals surface area (Å²) in [5.41, 5.74) is 17.9. The first-order valence-corrected chi connectivity index (χ1v) is 17.3. The van der Waals surface area contributed by atoms with Gasteiger partial charge in [-0.1, -0.05) is 121 Å². The van der Waals surface area contributed by atoms with Crippen molar-refractivity contribution in [1.29, 1.82) is 0 Å². The zero-order chi connectivity index (χ0) is 32.6. The van der Waals surface area contributed by atoms with Crippen molar-refractivity contribution in [2.24, 2.45) is 0 Å². The molecule has 0 unspecified atom stereocenters. The van der Waals surface area contributed by atoms with Gasteiger partial charge in [0.2, 0.25) is 0 Å². The Hall–Kier alpha value is -6.58. The third kappa shape index (κ3) is 3.11. The lowest BCUT2D eigenvalue weighted by atomic mass is 9.70. The smallest absolute Gasteiger partial charge is 0.146 e. The summed E-state index contributed by atoms with van der Waals surface area (Å²) in [4.78, 5) is 10.1. The van der Waals surface area contributed by atoms with E-state index in [-0.39, 0.29) is 5.41 Å². The number of fused-ring (bicyclic) bond motifs is 20. The maximum Gasteiger partial charge on any atom is 0.146 e. The lowest BCUT2D eigenvalue weighted by Gasteiger charge is -2.30. The highest BCUT2D eigenvalue weighted by Gasteiger charge is 2.51. The molecule has 0 N–H and O–H groups in total. The summed E-state index contributed by atoms with van der Waals surface area (Å²) in [6, 6.07) is 58.1. The minimum Gasteiger partial charge on any atom is -0.292 e. The van der Waals surface area contributed by atoms with Crippen molar-refractivity contribution in [2.75, 3.05) is 0 Å². The molecule has 1 spiro atoms. The Kier molecular flexibility index (Phi) is 4.91. The van der Waals surface area contributed by atoms with Crippen molar-refractivity contribution in [3.05, 3.63) is 186 Å². The van der Waals surface area contributed by atoms with E-state index in [2.05, 4.69) is 156 Å². The summed E-state index contributed by atoms with van der Waals surface area (Å²) < 4.78 is 2.35. The van der Waals surface area contributed by atoms with Crippen molar-refractivity contribution in [1.82, 2.24) is 14.4 Å². The number of hydrogen-bond donors (Lipinski definition) is 0. The number of pyridine rings is 2. The van der Waals surface area contributed by atoms with Crippen LogP contribution in [0.1, 0.15) is 22.3 Å². The molecule has 3 heteroatoms. The van der Waals surface area contributed by atoms with Crippen LogP contribution >= 0.6 is 0 Å². The molecule has 0 bridgehead atoms. The van der Waals surface area contributed by atoms with E-state index in [0.717, 1.165) is 43.9 Å². The molecule has 0 atom stereocenters. The highest BCUT2D eigenvalue weighted by molar-refractivity contribution is 6.23. The molecule has 7 aromatic carbocycles. The number of rotatable bonds is 1. The van der Waals surface area contributed by atoms with Crippen LogP contribution in [-0.2, 0) is 5.41 Å². The van der Waals surface area contributed by atoms with Gasteiger partial charge in [-0.3, -0.25) is 9.38 Å². The molecule has 0 amide bonds. The molecule has 12 rings (SSSR count). The standard InChI is InChI=1S/C47H27N3/c1-4-14-37-31(11-1)32-12-2-5-15-38(32)47(37)39-16-6-3-13-33(39)34-22-20-29(26-40(34)47)30-21-23-35-43(27-30)50-42-18-8-7-17-41(42)49-46(50)36-24-19-28-10-9-25-48-45(28)44(35)36/h1-27H. The lowest BCUT2D eigenvalue weighted by molar-refractivity contribution is 0.794. The summed E-state index contributed by atoms with van der Waals surface area (Å²) in [5.74, 6) is 0. The summed E-state index contributed by atoms with van der Waals surface area (Å²) in [7, 11) is 0. The molecule has 50 heavy (non-hydrogen) atoms. The van der Waals surface area contributed by atoms with Gasteiger partial charge in [-0.25, -0.2) is 4.98 Å². The second kappa shape index (κ2) is 9.31. The fourth-order valence-electron chi connectivity index (χ4n) is 9.44. The van der Waals surface area contributed by atoms with Crippen molar-refractivity contribution < 1.29 is 0 Å². The van der Waals surface area contributed by atoms with Crippen LogP contribution in [0.25, 0.3) is 82.6 Å². The molecule has 0 saturated carbocycles. The van der Waals surface area contributed by atoms with Crippen LogP contribution < -0.4 is 0 Å². The first kappa shape index (κ1) is 26.4. The lowest BCUT2D eigenvalue weighted by Crippen LogP contribution is -2.25. The summed E-state index contributed by atoms with van der Waals surface area (Å²) in [5, 5.41) is 4.57. The Bertz CT molecular complexity index is 3050. The quantitative estimate of drug-likeness (QED) is 0.168. The molecule has 0 aliphatic heterocycles. The third-order valence-corrected chi connectivity index (χ3v) is 11.4. The highest BCUT2D eigenvalue weighted by Crippen LogP contribution is 2.63. The van der Waals surface area contributed by atoms with Gasteiger partial charge in [-0.15, -0.1) is 0 Å². The Morgan fingerprint density at radius 3 is 1.84 bits per heavy atom. The zero-order valence-electron chi connectivity index (χ0n) is 26.9. The van der Waals surface area contributed by atoms with E-state index >= 15 is 0 Å². The van der Waals surface area contributed by atoms with Crippen molar-refractivity contribution in [3.8, 4) is 33.4 Å². The van der Waals surface area contributed by atoms with E-state index in [9.17, 15) is 0 Å². The number of aromatic nitrogens is 3. The molecule has 0 radical (unpaired) electrons. The molecular weight excluding hydrogens is 607 g/mol. The molecule has 230 valence electrons. The van der Waals surface area contributed by atoms with Gasteiger partial charge < -0.3 is 0 Å². The first-order valence-electron chi connectivity index (χ1n) is 17.3. The van der Waals surface area contributed by atoms with Crippen LogP contribution in [0.4, 0.5) is 0 Å². The van der Waals surface area contributed by atoms with Gasteiger partial charge in [0, 0.05) is 27.7 Å². The fraction of sp³-hybridized carbons (Fsp3) is 0.0213. The van der Waals surface area contributed by atoms with Gasteiger partial charge in [-0.05, 0) is 92.0 Å². The van der Waals surface area contributed by atoms with E-state index in [4.69, 9.17) is 9.97 Å². The SMILES string of the molecule is c1ccc2c(c1)-c1ccccc1C21c2ccccc2-c2ccc(-c3ccc4c5c(ccc6cccnc65)c5nc6ccccc6n5c4c3)cc21. The highest BCUT2D eigenvalue weighted by atomic mass is 15.0. The number of para-hydroxylation sites is 2. The van der Waals surface area contributed by atoms with Crippen LogP contribution in [0.3, 0.4) is 0 Å². The molecule has 3 aromatic heterocycles. The van der Waals surface area contributed by atoms with Crippen LogP contribution in [0, 0.1) is 0 Å². The average molecular weight is 634 g/mol. The van der Waals surface area contributed by atoms with E-state index < -0.39 is 0 Å². The molecular formula is C47H27N3. The van der Waals surface area contributed by atoms with E-state index in [1.807, 2.05) is 12.3 Å². The minimum atomic E-state index is -0.374. The predicted octanol–water partition coefficient (Wildman–Crippen LogP) is 11.4. The minimum absolute atomic E-state index is 0.374.